The van der Waals surface area contributed by atoms with Gasteiger partial charge in [0, 0.05) is 29.0 Å². The first-order valence-electron chi connectivity index (χ1n) is 7.19. The van der Waals surface area contributed by atoms with Gasteiger partial charge in [0.15, 0.2) is 0 Å². The standard InChI is InChI=1S/C16H17ClN2O2S/c1-22(21)16(7-4-8-16)10-18-15(20)13-9-11-5-2-3-6-12(11)14(17)19-13/h2-3,5-6,9H,4,7-8,10H2,1H3,(H,18,20)/t22-/m0/s1. The number of benzene rings is 1. The molecule has 116 valence electrons. The summed E-state index contributed by atoms with van der Waals surface area (Å²) in [5.41, 5.74) is 0.292. The van der Waals surface area contributed by atoms with Crippen molar-refractivity contribution >= 4 is 39.1 Å². The number of nitrogens with zero attached hydrogens (tertiary/aromatic N) is 1. The van der Waals surface area contributed by atoms with E-state index in [4.69, 9.17) is 11.6 Å². The molecule has 0 unspecified atom stereocenters. The van der Waals surface area contributed by atoms with Crippen molar-refractivity contribution in [2.24, 2.45) is 0 Å². The maximum atomic E-state index is 12.3. The quantitative estimate of drug-likeness (QED) is 0.873. The minimum absolute atomic E-state index is 0.268. The molecule has 0 aliphatic heterocycles. The van der Waals surface area contributed by atoms with Crippen molar-refractivity contribution < 1.29 is 9.00 Å². The Balaban J connectivity index is 1.79. The fourth-order valence-electron chi connectivity index (χ4n) is 2.74. The van der Waals surface area contributed by atoms with Gasteiger partial charge in [-0.05, 0) is 24.3 Å². The number of halogens is 1. The summed E-state index contributed by atoms with van der Waals surface area (Å²) in [5, 5.41) is 4.89. The smallest absolute Gasteiger partial charge is 0.270 e. The number of amides is 1. The molecule has 1 aliphatic carbocycles. The summed E-state index contributed by atoms with van der Waals surface area (Å²) in [6, 6.07) is 9.27. The molecule has 1 aromatic carbocycles. The fourth-order valence-corrected chi connectivity index (χ4v) is 4.14. The van der Waals surface area contributed by atoms with Crippen molar-refractivity contribution in [2.75, 3.05) is 12.8 Å². The van der Waals surface area contributed by atoms with Crippen LogP contribution in [0.15, 0.2) is 30.3 Å². The zero-order chi connectivity index (χ0) is 15.7. The SMILES string of the molecule is C[S@](=O)C1(CNC(=O)c2cc3ccccc3c(Cl)n2)CCC1. The molecule has 6 heteroatoms. The average molecular weight is 337 g/mol. The second-order valence-electron chi connectivity index (χ2n) is 5.69. The second-order valence-corrected chi connectivity index (χ2v) is 7.83. The van der Waals surface area contributed by atoms with Crippen LogP contribution < -0.4 is 5.32 Å². The van der Waals surface area contributed by atoms with E-state index in [2.05, 4.69) is 10.3 Å². The maximum Gasteiger partial charge on any atom is 0.270 e. The monoisotopic (exact) mass is 336 g/mol. The summed E-state index contributed by atoms with van der Waals surface area (Å²) >= 11 is 6.15. The Hall–Kier alpha value is -1.46. The number of rotatable bonds is 4. The van der Waals surface area contributed by atoms with E-state index in [9.17, 15) is 9.00 Å². The van der Waals surface area contributed by atoms with Gasteiger partial charge in [0.1, 0.15) is 10.8 Å². The molecule has 22 heavy (non-hydrogen) atoms. The molecule has 0 saturated heterocycles. The normalized spacial score (nSPS) is 17.7. The van der Waals surface area contributed by atoms with Crippen molar-refractivity contribution in [3.05, 3.63) is 41.2 Å². The van der Waals surface area contributed by atoms with E-state index < -0.39 is 10.8 Å². The summed E-state index contributed by atoms with van der Waals surface area (Å²) in [6.45, 7) is 0.418. The molecule has 1 N–H and O–H groups in total. The Morgan fingerprint density at radius 3 is 2.77 bits per heavy atom. The third-order valence-electron chi connectivity index (χ3n) is 4.37. The lowest BCUT2D eigenvalue weighted by Crippen LogP contribution is -2.50. The first-order valence-corrected chi connectivity index (χ1v) is 9.12. The molecule has 1 heterocycles. The van der Waals surface area contributed by atoms with E-state index in [1.54, 1.807) is 12.3 Å². The van der Waals surface area contributed by atoms with Gasteiger partial charge in [0.2, 0.25) is 0 Å². The predicted octanol–water partition coefficient (Wildman–Crippen LogP) is 2.92. The van der Waals surface area contributed by atoms with E-state index in [1.165, 1.54) is 0 Å². The van der Waals surface area contributed by atoms with Crippen LogP contribution in [-0.4, -0.2) is 32.6 Å². The zero-order valence-electron chi connectivity index (χ0n) is 12.3. The van der Waals surface area contributed by atoms with Crippen LogP contribution >= 0.6 is 11.6 Å². The molecule has 4 nitrogen and oxygen atoms in total. The third kappa shape index (κ3) is 2.75. The molecule has 1 fully saturated rings. The molecule has 3 rings (SSSR count). The molecule has 1 aliphatic rings. The molecule has 1 atom stereocenters. The van der Waals surface area contributed by atoms with Gasteiger partial charge in [-0.2, -0.15) is 0 Å². The lowest BCUT2D eigenvalue weighted by atomic mass is 9.84. The van der Waals surface area contributed by atoms with E-state index in [-0.39, 0.29) is 10.7 Å². The van der Waals surface area contributed by atoms with Crippen LogP contribution in [0.4, 0.5) is 0 Å². The lowest BCUT2D eigenvalue weighted by Gasteiger charge is -2.39. The highest BCUT2D eigenvalue weighted by Gasteiger charge is 2.41. The molecule has 0 spiro atoms. The number of fused-ring (bicyclic) bond motifs is 1. The number of hydrogen-bond acceptors (Lipinski definition) is 3. The lowest BCUT2D eigenvalue weighted by molar-refractivity contribution is 0.0938. The van der Waals surface area contributed by atoms with Crippen molar-refractivity contribution in [3.63, 3.8) is 0 Å². The Kier molecular flexibility index (Phi) is 4.19. The van der Waals surface area contributed by atoms with Crippen LogP contribution in [0.1, 0.15) is 29.8 Å². The van der Waals surface area contributed by atoms with Crippen LogP contribution in [0, 0.1) is 0 Å². The van der Waals surface area contributed by atoms with Crippen molar-refractivity contribution in [2.45, 2.75) is 24.0 Å². The largest absolute Gasteiger partial charge is 0.349 e. The van der Waals surface area contributed by atoms with Gasteiger partial charge in [0.05, 0.1) is 4.75 Å². The van der Waals surface area contributed by atoms with Crippen LogP contribution in [0.3, 0.4) is 0 Å². The Morgan fingerprint density at radius 2 is 2.14 bits per heavy atom. The number of pyridine rings is 1. The highest BCUT2D eigenvalue weighted by Crippen LogP contribution is 2.36. The maximum absolute atomic E-state index is 12.3. The average Bonchev–Trinajstić information content (AvgIpc) is 2.45. The molecular weight excluding hydrogens is 320 g/mol. The number of carbonyl (C=O) groups excluding carboxylic acids is 1. The van der Waals surface area contributed by atoms with E-state index in [0.29, 0.717) is 17.4 Å². The first kappa shape index (κ1) is 15.4. The number of carbonyl (C=O) groups is 1. The second kappa shape index (κ2) is 5.97. The van der Waals surface area contributed by atoms with Gasteiger partial charge < -0.3 is 5.32 Å². The molecule has 1 saturated carbocycles. The van der Waals surface area contributed by atoms with Crippen molar-refractivity contribution in [1.29, 1.82) is 0 Å². The Labute approximate surface area is 136 Å². The Morgan fingerprint density at radius 1 is 1.41 bits per heavy atom. The Bertz CT molecular complexity index is 759. The van der Waals surface area contributed by atoms with Crippen molar-refractivity contribution in [3.8, 4) is 0 Å². The minimum atomic E-state index is -0.943. The van der Waals surface area contributed by atoms with Gasteiger partial charge in [-0.25, -0.2) is 4.98 Å². The molecular formula is C16H17ClN2O2S. The molecule has 1 aromatic heterocycles. The molecule has 0 bridgehead atoms. The van der Waals surface area contributed by atoms with Crippen molar-refractivity contribution in [1.82, 2.24) is 10.3 Å². The topological polar surface area (TPSA) is 59.1 Å². The number of aromatic nitrogens is 1. The highest BCUT2D eigenvalue weighted by molar-refractivity contribution is 7.85. The first-order chi connectivity index (χ1) is 10.5. The molecule has 1 amide bonds. The van der Waals surface area contributed by atoms with E-state index in [0.717, 1.165) is 30.0 Å². The number of hydrogen-bond donors (Lipinski definition) is 1. The summed E-state index contributed by atoms with van der Waals surface area (Å²) in [7, 11) is -0.943. The predicted molar refractivity (Wildman–Crippen MR) is 89.7 cm³/mol. The number of nitrogens with one attached hydrogen (secondary N) is 1. The van der Waals surface area contributed by atoms with E-state index >= 15 is 0 Å². The van der Waals surface area contributed by atoms with Gasteiger partial charge in [-0.3, -0.25) is 9.00 Å². The summed E-state index contributed by atoms with van der Waals surface area (Å²) in [4.78, 5) is 16.5. The van der Waals surface area contributed by atoms with Gasteiger partial charge in [0.25, 0.3) is 5.91 Å². The fraction of sp³-hybridized carbons (Fsp3) is 0.375. The molecule has 0 radical (unpaired) electrons. The van der Waals surface area contributed by atoms with Crippen LogP contribution in [0.25, 0.3) is 10.8 Å². The molecule has 2 aromatic rings. The van der Waals surface area contributed by atoms with Gasteiger partial charge >= 0.3 is 0 Å². The van der Waals surface area contributed by atoms with Crippen LogP contribution in [0.5, 0.6) is 0 Å². The summed E-state index contributed by atoms with van der Waals surface area (Å²) in [6.07, 6.45) is 4.55. The van der Waals surface area contributed by atoms with Crippen LogP contribution in [-0.2, 0) is 10.8 Å². The van der Waals surface area contributed by atoms with Crippen LogP contribution in [0.2, 0.25) is 5.15 Å². The van der Waals surface area contributed by atoms with Gasteiger partial charge in [-0.1, -0.05) is 42.3 Å². The summed E-state index contributed by atoms with van der Waals surface area (Å²) in [5.74, 6) is -0.274. The minimum Gasteiger partial charge on any atom is -0.349 e. The third-order valence-corrected chi connectivity index (χ3v) is 6.43. The van der Waals surface area contributed by atoms with E-state index in [1.807, 2.05) is 24.3 Å². The summed E-state index contributed by atoms with van der Waals surface area (Å²) < 4.78 is 11.6. The zero-order valence-corrected chi connectivity index (χ0v) is 13.8. The van der Waals surface area contributed by atoms with Gasteiger partial charge in [-0.15, -0.1) is 0 Å². The highest BCUT2D eigenvalue weighted by atomic mass is 35.5.